The van der Waals surface area contributed by atoms with E-state index in [-0.39, 0.29) is 12.8 Å². The molecule has 0 aromatic carbocycles. The number of hydrogen-bond acceptors (Lipinski definition) is 7. The Hall–Kier alpha value is -3.48. The van der Waals surface area contributed by atoms with Gasteiger partial charge in [-0.1, -0.05) is 13.8 Å². The summed E-state index contributed by atoms with van der Waals surface area (Å²) < 4.78 is 0. The predicted molar refractivity (Wildman–Crippen MR) is 106 cm³/mol. The van der Waals surface area contributed by atoms with Crippen molar-refractivity contribution < 1.29 is 34.2 Å². The van der Waals surface area contributed by atoms with Crippen molar-refractivity contribution in [1.29, 1.82) is 0 Å². The van der Waals surface area contributed by atoms with E-state index in [1.807, 2.05) is 0 Å². The highest BCUT2D eigenvalue weighted by Crippen LogP contribution is 2.05. The van der Waals surface area contributed by atoms with Crippen molar-refractivity contribution in [3.05, 3.63) is 18.2 Å². The largest absolute Gasteiger partial charge is 0.481 e. The summed E-state index contributed by atoms with van der Waals surface area (Å²) in [5.41, 5.74) is 6.42. The zero-order valence-electron chi connectivity index (χ0n) is 17.3. The molecule has 0 spiro atoms. The number of amides is 3. The van der Waals surface area contributed by atoms with Crippen LogP contribution in [-0.2, 0) is 30.4 Å². The number of nitrogens with two attached hydrogens (primary N) is 1. The highest BCUT2D eigenvalue weighted by Gasteiger charge is 2.29. The Labute approximate surface area is 178 Å². The molecule has 3 unspecified atom stereocenters. The van der Waals surface area contributed by atoms with E-state index in [1.54, 1.807) is 13.8 Å². The quantitative estimate of drug-likeness (QED) is 0.180. The Bertz CT molecular complexity index is 780. The summed E-state index contributed by atoms with van der Waals surface area (Å²) in [7, 11) is 0. The minimum atomic E-state index is -1.41. The molecule has 3 amide bonds. The van der Waals surface area contributed by atoms with Crippen LogP contribution < -0.4 is 21.7 Å². The van der Waals surface area contributed by atoms with E-state index in [9.17, 15) is 24.0 Å². The van der Waals surface area contributed by atoms with Gasteiger partial charge in [-0.3, -0.25) is 19.2 Å². The van der Waals surface area contributed by atoms with Crippen molar-refractivity contribution in [3.8, 4) is 0 Å². The van der Waals surface area contributed by atoms with E-state index < -0.39 is 66.7 Å². The third-order valence-corrected chi connectivity index (χ3v) is 4.28. The van der Waals surface area contributed by atoms with Crippen molar-refractivity contribution in [3.63, 3.8) is 0 Å². The topological polar surface area (TPSA) is 217 Å². The number of hydrogen-bond donors (Lipinski definition) is 7. The number of carbonyl (C=O) groups excluding carboxylic acids is 3. The average Bonchev–Trinajstić information content (AvgIpc) is 3.19. The molecule has 13 nitrogen and oxygen atoms in total. The van der Waals surface area contributed by atoms with Crippen LogP contribution in [0.5, 0.6) is 0 Å². The van der Waals surface area contributed by atoms with Crippen LogP contribution in [0.2, 0.25) is 0 Å². The lowest BCUT2D eigenvalue weighted by Gasteiger charge is -2.24. The number of carboxylic acids is 2. The molecule has 0 aliphatic rings. The van der Waals surface area contributed by atoms with Gasteiger partial charge >= 0.3 is 11.9 Å². The molecule has 3 atom stereocenters. The molecule has 1 aromatic rings. The van der Waals surface area contributed by atoms with Crippen molar-refractivity contribution >= 4 is 29.7 Å². The molecule has 0 bridgehead atoms. The van der Waals surface area contributed by atoms with Gasteiger partial charge in [0.05, 0.1) is 18.9 Å². The second kappa shape index (κ2) is 12.3. The smallest absolute Gasteiger partial charge is 0.326 e. The monoisotopic (exact) mass is 440 g/mol. The number of carboxylic acid groups (broad SMARTS) is 2. The van der Waals surface area contributed by atoms with E-state index in [0.29, 0.717) is 5.69 Å². The molecule has 0 aliphatic carbocycles. The average molecular weight is 440 g/mol. The number of imidazole rings is 1. The van der Waals surface area contributed by atoms with Crippen LogP contribution in [0.25, 0.3) is 0 Å². The number of H-pyrrole nitrogens is 1. The second-order valence-corrected chi connectivity index (χ2v) is 7.23. The summed E-state index contributed by atoms with van der Waals surface area (Å²) in [4.78, 5) is 65.2. The molecule has 1 rings (SSSR count). The van der Waals surface area contributed by atoms with Crippen LogP contribution in [0.1, 0.15) is 32.4 Å². The summed E-state index contributed by atoms with van der Waals surface area (Å²) in [6, 6.07) is -3.42. The first kappa shape index (κ1) is 25.6. The van der Waals surface area contributed by atoms with Gasteiger partial charge in [-0.25, -0.2) is 9.78 Å². The van der Waals surface area contributed by atoms with E-state index in [2.05, 4.69) is 25.9 Å². The Kier molecular flexibility index (Phi) is 10.1. The van der Waals surface area contributed by atoms with E-state index >= 15 is 0 Å². The Morgan fingerprint density at radius 3 is 2.32 bits per heavy atom. The summed E-state index contributed by atoms with van der Waals surface area (Å²) in [6.45, 7) is 2.83. The molecule has 1 aromatic heterocycles. The fraction of sp³-hybridized carbons (Fsp3) is 0.556. The SMILES string of the molecule is CC(C)C(NC(=O)CNC(=O)C(N)Cc1cnc[nH]1)C(=O)NC(CCC(=O)O)C(=O)O. The van der Waals surface area contributed by atoms with Crippen LogP contribution >= 0.6 is 0 Å². The number of aromatic nitrogens is 2. The van der Waals surface area contributed by atoms with Crippen LogP contribution in [0, 0.1) is 5.92 Å². The summed E-state index contributed by atoms with van der Waals surface area (Å²) in [5, 5.41) is 24.9. The van der Waals surface area contributed by atoms with Gasteiger partial charge in [-0.15, -0.1) is 0 Å². The third-order valence-electron chi connectivity index (χ3n) is 4.28. The second-order valence-electron chi connectivity index (χ2n) is 7.23. The molecule has 172 valence electrons. The van der Waals surface area contributed by atoms with Gasteiger partial charge in [-0.05, 0) is 12.3 Å². The third kappa shape index (κ3) is 9.25. The van der Waals surface area contributed by atoms with Crippen molar-refractivity contribution in [2.45, 2.75) is 51.2 Å². The van der Waals surface area contributed by atoms with Crippen LogP contribution in [0.15, 0.2) is 12.5 Å². The molecule has 31 heavy (non-hydrogen) atoms. The lowest BCUT2D eigenvalue weighted by Crippen LogP contribution is -2.55. The zero-order valence-corrected chi connectivity index (χ0v) is 17.3. The van der Waals surface area contributed by atoms with Gasteiger partial charge in [0.2, 0.25) is 17.7 Å². The van der Waals surface area contributed by atoms with Gasteiger partial charge in [0.25, 0.3) is 0 Å². The zero-order chi connectivity index (χ0) is 23.6. The van der Waals surface area contributed by atoms with E-state index in [0.717, 1.165) is 0 Å². The van der Waals surface area contributed by atoms with Gasteiger partial charge in [0, 0.05) is 24.7 Å². The summed E-state index contributed by atoms with van der Waals surface area (Å²) in [6.07, 6.45) is 2.41. The fourth-order valence-corrected chi connectivity index (χ4v) is 2.57. The van der Waals surface area contributed by atoms with Crippen molar-refractivity contribution in [1.82, 2.24) is 25.9 Å². The molecular formula is C18H28N6O7. The molecule has 8 N–H and O–H groups in total. The van der Waals surface area contributed by atoms with Crippen molar-refractivity contribution in [2.24, 2.45) is 11.7 Å². The number of aromatic amines is 1. The minimum Gasteiger partial charge on any atom is -0.481 e. The summed E-state index contributed by atoms with van der Waals surface area (Å²) in [5.74, 6) is -5.01. The van der Waals surface area contributed by atoms with Crippen LogP contribution in [0.4, 0.5) is 0 Å². The molecule has 0 radical (unpaired) electrons. The highest BCUT2D eigenvalue weighted by atomic mass is 16.4. The Morgan fingerprint density at radius 1 is 1.13 bits per heavy atom. The van der Waals surface area contributed by atoms with Crippen LogP contribution in [0.3, 0.4) is 0 Å². The summed E-state index contributed by atoms with van der Waals surface area (Å²) >= 11 is 0. The molecular weight excluding hydrogens is 412 g/mol. The first-order valence-electron chi connectivity index (χ1n) is 9.56. The maximum absolute atomic E-state index is 12.5. The maximum atomic E-state index is 12.5. The number of nitrogens with one attached hydrogen (secondary N) is 4. The lowest BCUT2D eigenvalue weighted by atomic mass is 10.0. The molecule has 0 saturated heterocycles. The Balaban J connectivity index is 2.58. The molecule has 13 heteroatoms. The number of rotatable bonds is 13. The van der Waals surface area contributed by atoms with Crippen LogP contribution in [-0.4, -0.2) is 74.5 Å². The highest BCUT2D eigenvalue weighted by molar-refractivity contribution is 5.92. The van der Waals surface area contributed by atoms with Gasteiger partial charge in [-0.2, -0.15) is 0 Å². The van der Waals surface area contributed by atoms with E-state index in [4.69, 9.17) is 15.9 Å². The maximum Gasteiger partial charge on any atom is 0.326 e. The normalized spacial score (nSPS) is 13.7. The number of aliphatic carboxylic acids is 2. The van der Waals surface area contributed by atoms with E-state index in [1.165, 1.54) is 12.5 Å². The molecule has 0 aliphatic heterocycles. The van der Waals surface area contributed by atoms with Gasteiger partial charge in [0.15, 0.2) is 0 Å². The fourth-order valence-electron chi connectivity index (χ4n) is 2.57. The predicted octanol–water partition coefficient (Wildman–Crippen LogP) is -2.03. The lowest BCUT2D eigenvalue weighted by molar-refractivity contribution is -0.143. The van der Waals surface area contributed by atoms with Gasteiger partial charge < -0.3 is 36.9 Å². The molecule has 1 heterocycles. The molecule has 0 fully saturated rings. The standard InChI is InChI=1S/C18H28N6O7/c1-9(2)15(17(29)23-12(18(30)31)3-4-14(26)27)24-13(25)7-21-16(28)11(19)5-10-6-20-8-22-10/h6,8-9,11-12,15H,3-5,7,19H2,1-2H3,(H,20,22)(H,21,28)(H,23,29)(H,24,25)(H,26,27)(H,30,31). The minimum absolute atomic E-state index is 0.192. The van der Waals surface area contributed by atoms with Crippen molar-refractivity contribution in [2.75, 3.05) is 6.54 Å². The number of carbonyl (C=O) groups is 5. The number of nitrogens with zero attached hydrogens (tertiary/aromatic N) is 1. The Morgan fingerprint density at radius 2 is 1.81 bits per heavy atom. The molecule has 0 saturated carbocycles. The first-order chi connectivity index (χ1) is 14.5. The first-order valence-corrected chi connectivity index (χ1v) is 9.56. The van der Waals surface area contributed by atoms with Gasteiger partial charge in [0.1, 0.15) is 12.1 Å².